The summed E-state index contributed by atoms with van der Waals surface area (Å²) in [6.07, 6.45) is 2.85. The van der Waals surface area contributed by atoms with Gasteiger partial charge in [0.2, 0.25) is 0 Å². The molecule has 5 rings (SSSR count). The molecule has 0 bridgehead atoms. The summed E-state index contributed by atoms with van der Waals surface area (Å²) in [6, 6.07) is 15.6. The summed E-state index contributed by atoms with van der Waals surface area (Å²) in [6.45, 7) is 2.48. The van der Waals surface area contributed by atoms with Crippen LogP contribution in [0.1, 0.15) is 28.5 Å². The summed E-state index contributed by atoms with van der Waals surface area (Å²) in [5.41, 5.74) is 1.79. The van der Waals surface area contributed by atoms with Crippen molar-refractivity contribution < 1.29 is 14.1 Å². The number of benzene rings is 2. The van der Waals surface area contributed by atoms with Crippen LogP contribution in [0.4, 0.5) is 10.2 Å². The van der Waals surface area contributed by atoms with Crippen LogP contribution in [0.5, 0.6) is 0 Å². The highest BCUT2D eigenvalue weighted by Crippen LogP contribution is 2.55. The molecule has 178 valence electrons. The van der Waals surface area contributed by atoms with Gasteiger partial charge in [-0.3, -0.25) is 9.59 Å². The Balaban J connectivity index is 1.41. The molecular formula is C26H25FN4O3P+. The van der Waals surface area contributed by atoms with Crippen LogP contribution < -0.4 is 15.8 Å². The van der Waals surface area contributed by atoms with Gasteiger partial charge < -0.3 is 4.90 Å². The lowest BCUT2D eigenvalue weighted by Gasteiger charge is -2.33. The number of Topliss-reactive ketones (excluding diaryl/α,β-unsaturated/α-hetero) is 1. The van der Waals surface area contributed by atoms with Gasteiger partial charge in [-0.1, -0.05) is 24.3 Å². The number of fused-ring (bicyclic) bond motifs is 1. The second-order valence-electron chi connectivity index (χ2n) is 8.80. The van der Waals surface area contributed by atoms with E-state index < -0.39 is 13.3 Å². The van der Waals surface area contributed by atoms with E-state index in [9.17, 15) is 18.9 Å². The van der Waals surface area contributed by atoms with Crippen molar-refractivity contribution in [3.05, 3.63) is 93.8 Å². The van der Waals surface area contributed by atoms with Crippen LogP contribution in [0.3, 0.4) is 0 Å². The average Bonchev–Trinajstić information content (AvgIpc) is 2.87. The van der Waals surface area contributed by atoms with E-state index in [1.165, 1.54) is 13.0 Å². The molecule has 2 N–H and O–H groups in total. The van der Waals surface area contributed by atoms with E-state index >= 15 is 0 Å². The predicted molar refractivity (Wildman–Crippen MR) is 137 cm³/mol. The van der Waals surface area contributed by atoms with Crippen molar-refractivity contribution in [2.24, 2.45) is 0 Å². The number of hydrogen-bond donors (Lipinski definition) is 2. The number of anilines is 1. The van der Waals surface area contributed by atoms with E-state index in [0.29, 0.717) is 59.6 Å². The molecule has 0 spiro atoms. The van der Waals surface area contributed by atoms with Crippen molar-refractivity contribution in [1.29, 1.82) is 0 Å². The summed E-state index contributed by atoms with van der Waals surface area (Å²) in [4.78, 5) is 42.0. The summed E-state index contributed by atoms with van der Waals surface area (Å²) >= 11 is 0. The Bertz CT molecular complexity index is 1480. The van der Waals surface area contributed by atoms with Crippen LogP contribution in [0.2, 0.25) is 0 Å². The second kappa shape index (κ2) is 9.29. The highest BCUT2D eigenvalue weighted by Gasteiger charge is 2.45. The third-order valence-corrected chi connectivity index (χ3v) is 9.67. The molecule has 1 saturated heterocycles. The van der Waals surface area contributed by atoms with Gasteiger partial charge in [-0.2, -0.15) is 5.10 Å². The molecule has 0 atom stereocenters. The Morgan fingerprint density at radius 2 is 1.86 bits per heavy atom. The first-order valence-corrected chi connectivity index (χ1v) is 13.5. The van der Waals surface area contributed by atoms with Crippen LogP contribution in [0.15, 0.2) is 65.6 Å². The maximum Gasteiger partial charge on any atom is 0.272 e. The van der Waals surface area contributed by atoms with Crippen molar-refractivity contribution in [2.75, 3.05) is 30.3 Å². The number of rotatable bonds is 5. The highest BCUT2D eigenvalue weighted by molar-refractivity contribution is 7.77. The molecule has 0 saturated carbocycles. The first-order valence-electron chi connectivity index (χ1n) is 11.4. The zero-order valence-electron chi connectivity index (χ0n) is 19.2. The number of ketones is 1. The van der Waals surface area contributed by atoms with Crippen molar-refractivity contribution in [3.63, 3.8) is 0 Å². The van der Waals surface area contributed by atoms with Gasteiger partial charge in [0.15, 0.2) is 24.4 Å². The van der Waals surface area contributed by atoms with Crippen LogP contribution in [-0.4, -0.2) is 51.3 Å². The Labute approximate surface area is 202 Å². The number of nitrogens with one attached hydrogen (secondary N) is 1. The zero-order valence-corrected chi connectivity index (χ0v) is 20.1. The molecule has 0 unspecified atom stereocenters. The molecule has 0 aliphatic carbocycles. The first-order chi connectivity index (χ1) is 16.9. The van der Waals surface area contributed by atoms with Crippen molar-refractivity contribution >= 4 is 35.2 Å². The largest absolute Gasteiger partial charge is 0.349 e. The Kier molecular flexibility index (Phi) is 6.17. The molecule has 2 aromatic heterocycles. The molecule has 3 heterocycles. The molecule has 7 nitrogen and oxygen atoms in total. The number of halogens is 1. The number of carbonyl (C=O) groups excluding carboxylic acids is 1. The fourth-order valence-corrected chi connectivity index (χ4v) is 7.39. The molecule has 1 fully saturated rings. The fourth-order valence-electron chi connectivity index (χ4n) is 4.66. The number of pyridine rings is 1. The van der Waals surface area contributed by atoms with E-state index in [4.69, 9.17) is 0 Å². The lowest BCUT2D eigenvalue weighted by Crippen LogP contribution is -2.41. The minimum absolute atomic E-state index is 0.0640. The molecule has 35 heavy (non-hydrogen) atoms. The number of H-pyrrole nitrogens is 1. The lowest BCUT2D eigenvalue weighted by molar-refractivity contribution is 0.101. The maximum atomic E-state index is 15.0. The smallest absolute Gasteiger partial charge is 0.272 e. The summed E-state index contributed by atoms with van der Waals surface area (Å²) in [5, 5.41) is 8.42. The standard InChI is InChI=1S/C26H24FN4O3P/c1-17(32)19-7-4-10-28-25(19)31-11-13-35(34,14-12-31)24-16-18(8-9-22(24)27)15-23-20-5-2-3-6-21(20)26(33)30-29-23/h2-10,16,34H,11-15H2,1H3/p+1. The molecule has 1 aliphatic heterocycles. The third kappa shape index (κ3) is 4.47. The van der Waals surface area contributed by atoms with E-state index in [1.54, 1.807) is 42.6 Å². The van der Waals surface area contributed by atoms with Gasteiger partial charge in [0.05, 0.1) is 29.7 Å². The van der Waals surface area contributed by atoms with Gasteiger partial charge >= 0.3 is 0 Å². The topological polar surface area (TPSA) is 99.2 Å². The molecular weight excluding hydrogens is 466 g/mol. The number of nitrogens with zero attached hydrogens (tertiary/aromatic N) is 3. The molecule has 0 amide bonds. The Morgan fingerprint density at radius 1 is 1.11 bits per heavy atom. The normalized spacial score (nSPS) is 15.3. The number of carbonyl (C=O) groups is 1. The van der Waals surface area contributed by atoms with Crippen molar-refractivity contribution in [1.82, 2.24) is 15.2 Å². The predicted octanol–water partition coefficient (Wildman–Crippen LogP) is 3.32. The van der Waals surface area contributed by atoms with Gasteiger partial charge in [0.1, 0.15) is 18.1 Å². The second-order valence-corrected chi connectivity index (χ2v) is 12.0. The molecule has 4 aromatic rings. The lowest BCUT2D eigenvalue weighted by atomic mass is 10.0. The van der Waals surface area contributed by atoms with Crippen molar-refractivity contribution in [3.8, 4) is 0 Å². The first kappa shape index (κ1) is 23.3. The number of aromatic nitrogens is 3. The fraction of sp³-hybridized carbons (Fsp3) is 0.231. The minimum atomic E-state index is -2.75. The third-order valence-electron chi connectivity index (χ3n) is 6.55. The average molecular weight is 491 g/mol. The van der Waals surface area contributed by atoms with E-state index in [1.807, 2.05) is 17.0 Å². The van der Waals surface area contributed by atoms with E-state index in [0.717, 1.165) is 10.9 Å². The number of aromatic amines is 1. The van der Waals surface area contributed by atoms with Crippen molar-refractivity contribution in [2.45, 2.75) is 13.3 Å². The SMILES string of the molecule is CC(=O)c1cccnc1N1CC[P+](O)(c2cc(Cc3n[nH]c(=O)c4ccccc34)ccc2F)CC1. The molecule has 2 aromatic carbocycles. The monoisotopic (exact) mass is 491 g/mol. The molecule has 0 radical (unpaired) electrons. The van der Waals surface area contributed by atoms with Gasteiger partial charge in [-0.05, 0) is 42.8 Å². The summed E-state index contributed by atoms with van der Waals surface area (Å²) < 4.78 is 15.0. The van der Waals surface area contributed by atoms with Gasteiger partial charge in [-0.25, -0.2) is 19.4 Å². The highest BCUT2D eigenvalue weighted by atomic mass is 31.2. The van der Waals surface area contributed by atoms with Crippen LogP contribution in [0.25, 0.3) is 10.8 Å². The Morgan fingerprint density at radius 3 is 2.60 bits per heavy atom. The van der Waals surface area contributed by atoms with Gasteiger partial charge in [0, 0.05) is 18.0 Å². The maximum absolute atomic E-state index is 15.0. The van der Waals surface area contributed by atoms with Gasteiger partial charge in [0.25, 0.3) is 5.56 Å². The minimum Gasteiger partial charge on any atom is -0.349 e. The van der Waals surface area contributed by atoms with Gasteiger partial charge in [-0.15, -0.1) is 0 Å². The van der Waals surface area contributed by atoms with E-state index in [2.05, 4.69) is 15.2 Å². The number of hydrogen-bond acceptors (Lipinski definition) is 6. The Hall–Kier alpha value is -3.48. The van der Waals surface area contributed by atoms with Crippen LogP contribution in [-0.2, 0) is 6.42 Å². The van der Waals surface area contributed by atoms with Crippen LogP contribution >= 0.6 is 7.49 Å². The zero-order chi connectivity index (χ0) is 24.6. The molecule has 1 aliphatic rings. The van der Waals surface area contributed by atoms with Crippen LogP contribution in [0, 0.1) is 5.82 Å². The summed E-state index contributed by atoms with van der Waals surface area (Å²) in [7, 11) is -2.75. The molecule has 9 heteroatoms. The van der Waals surface area contributed by atoms with E-state index in [-0.39, 0.29) is 11.3 Å². The quantitative estimate of drug-likeness (QED) is 0.328. The summed E-state index contributed by atoms with van der Waals surface area (Å²) in [5.74, 6) is 0.127.